The maximum Gasteiger partial charge on any atom is 0.225 e. The number of rotatable bonds is 7. The van der Waals surface area contributed by atoms with Gasteiger partial charge in [-0.1, -0.05) is 31.4 Å². The van der Waals surface area contributed by atoms with E-state index in [9.17, 15) is 4.79 Å². The van der Waals surface area contributed by atoms with Crippen LogP contribution in [0.25, 0.3) is 10.2 Å². The molecule has 1 aliphatic heterocycles. The Bertz CT molecular complexity index is 856. The Hall–Kier alpha value is -2.15. The second-order valence-electron chi connectivity index (χ2n) is 8.69. The molecule has 31 heavy (non-hydrogen) atoms. The number of carbonyl (C=O) groups is 1. The molecule has 4 rings (SSSR count). The van der Waals surface area contributed by atoms with Gasteiger partial charge in [0.1, 0.15) is 0 Å². The third kappa shape index (κ3) is 5.97. The largest absolute Gasteiger partial charge is 0.357 e. The predicted octanol–water partition coefficient (Wildman–Crippen LogP) is 3.97. The van der Waals surface area contributed by atoms with Crippen LogP contribution in [0.4, 0.5) is 0 Å². The van der Waals surface area contributed by atoms with E-state index in [1.807, 2.05) is 6.07 Å². The second-order valence-corrected chi connectivity index (χ2v) is 9.80. The second kappa shape index (κ2) is 10.9. The highest BCUT2D eigenvalue weighted by Gasteiger charge is 2.31. The minimum absolute atomic E-state index is 0.261. The minimum Gasteiger partial charge on any atom is -0.357 e. The molecule has 0 bridgehead atoms. The number of likely N-dealkylation sites (tertiary alicyclic amines) is 1. The van der Waals surface area contributed by atoms with Gasteiger partial charge in [-0.2, -0.15) is 0 Å². The lowest BCUT2D eigenvalue weighted by molar-refractivity contribution is -0.135. The third-order valence-electron chi connectivity index (χ3n) is 6.30. The van der Waals surface area contributed by atoms with Gasteiger partial charge < -0.3 is 15.5 Å². The van der Waals surface area contributed by atoms with Gasteiger partial charge in [0, 0.05) is 44.6 Å². The number of guanidine groups is 1. The minimum atomic E-state index is 0.261. The van der Waals surface area contributed by atoms with Crippen LogP contribution in [0.1, 0.15) is 56.9 Å². The number of fused-ring (bicyclic) bond motifs is 1. The molecule has 2 N–H and O–H groups in total. The Morgan fingerprint density at radius 3 is 2.87 bits per heavy atom. The van der Waals surface area contributed by atoms with Crippen LogP contribution in [-0.2, 0) is 11.2 Å². The molecule has 6 nitrogen and oxygen atoms in total. The van der Waals surface area contributed by atoms with Crippen LogP contribution in [0.2, 0.25) is 0 Å². The van der Waals surface area contributed by atoms with E-state index in [0.29, 0.717) is 5.91 Å². The third-order valence-corrected chi connectivity index (χ3v) is 7.39. The molecule has 0 radical (unpaired) electrons. The van der Waals surface area contributed by atoms with Crippen molar-refractivity contribution >= 4 is 33.4 Å². The van der Waals surface area contributed by atoms with Gasteiger partial charge in [0.05, 0.1) is 15.2 Å². The van der Waals surface area contributed by atoms with Crippen molar-refractivity contribution in [3.8, 4) is 0 Å². The fourth-order valence-electron chi connectivity index (χ4n) is 4.65. The molecule has 1 aromatic heterocycles. The van der Waals surface area contributed by atoms with E-state index < -0.39 is 0 Å². The van der Waals surface area contributed by atoms with E-state index in [1.54, 1.807) is 11.3 Å². The van der Waals surface area contributed by atoms with Crippen molar-refractivity contribution in [3.63, 3.8) is 0 Å². The average Bonchev–Trinajstić information content (AvgIpc) is 3.43. The van der Waals surface area contributed by atoms with Crippen LogP contribution < -0.4 is 10.6 Å². The summed E-state index contributed by atoms with van der Waals surface area (Å²) < 4.78 is 1.25. The molecule has 2 fully saturated rings. The van der Waals surface area contributed by atoms with E-state index in [4.69, 9.17) is 9.98 Å². The SMILES string of the molecule is CCNC(=NCCCc1nc2ccccc2s1)NC1CCN(C(=O)C2CCCCC2)C1. The summed E-state index contributed by atoms with van der Waals surface area (Å²) >= 11 is 1.78. The Balaban J connectivity index is 1.24. The number of aromatic nitrogens is 1. The number of hydrogen-bond acceptors (Lipinski definition) is 4. The van der Waals surface area contributed by atoms with Crippen LogP contribution in [0.5, 0.6) is 0 Å². The number of hydrogen-bond donors (Lipinski definition) is 2. The van der Waals surface area contributed by atoms with Crippen molar-refractivity contribution in [2.75, 3.05) is 26.2 Å². The average molecular weight is 442 g/mol. The molecule has 1 unspecified atom stereocenters. The van der Waals surface area contributed by atoms with E-state index in [0.717, 1.165) is 69.8 Å². The molecule has 0 spiro atoms. The molecule has 1 saturated carbocycles. The molecule has 2 aliphatic rings. The van der Waals surface area contributed by atoms with Crippen LogP contribution in [0.3, 0.4) is 0 Å². The zero-order valence-corrected chi connectivity index (χ0v) is 19.4. The number of nitrogens with zero attached hydrogens (tertiary/aromatic N) is 3. The molecule has 168 valence electrons. The molecule has 1 aromatic carbocycles. The first-order valence-corrected chi connectivity index (χ1v) is 12.7. The lowest BCUT2D eigenvalue weighted by Crippen LogP contribution is -2.45. The number of amides is 1. The highest BCUT2D eigenvalue weighted by atomic mass is 32.1. The van der Waals surface area contributed by atoms with Gasteiger partial charge in [0.15, 0.2) is 5.96 Å². The van der Waals surface area contributed by atoms with Crippen LogP contribution in [-0.4, -0.2) is 54.0 Å². The predicted molar refractivity (Wildman–Crippen MR) is 129 cm³/mol. The Morgan fingerprint density at radius 1 is 1.23 bits per heavy atom. The van der Waals surface area contributed by atoms with Crippen molar-refractivity contribution < 1.29 is 4.79 Å². The monoisotopic (exact) mass is 441 g/mol. The summed E-state index contributed by atoms with van der Waals surface area (Å²) in [4.78, 5) is 24.4. The smallest absolute Gasteiger partial charge is 0.225 e. The van der Waals surface area contributed by atoms with Gasteiger partial charge >= 0.3 is 0 Å². The molecular weight excluding hydrogens is 406 g/mol. The number of carbonyl (C=O) groups excluding carboxylic acids is 1. The van der Waals surface area contributed by atoms with Gasteiger partial charge in [0.25, 0.3) is 0 Å². The van der Waals surface area contributed by atoms with Crippen molar-refractivity contribution in [3.05, 3.63) is 29.3 Å². The molecular formula is C24H35N5OS. The molecule has 1 aliphatic carbocycles. The van der Waals surface area contributed by atoms with Crippen molar-refractivity contribution in [1.82, 2.24) is 20.5 Å². The summed E-state index contributed by atoms with van der Waals surface area (Å²) in [5.74, 6) is 1.50. The Labute approximate surface area is 189 Å². The maximum atomic E-state index is 12.8. The molecule has 1 atom stereocenters. The van der Waals surface area contributed by atoms with E-state index in [1.165, 1.54) is 29.0 Å². The number of para-hydroxylation sites is 1. The van der Waals surface area contributed by atoms with Gasteiger partial charge in [-0.3, -0.25) is 9.79 Å². The van der Waals surface area contributed by atoms with Gasteiger partial charge in [-0.15, -0.1) is 11.3 Å². The normalized spacial score (nSPS) is 20.4. The first kappa shape index (κ1) is 22.1. The maximum absolute atomic E-state index is 12.8. The highest BCUT2D eigenvalue weighted by molar-refractivity contribution is 7.18. The number of nitrogens with one attached hydrogen (secondary N) is 2. The quantitative estimate of drug-likeness (QED) is 0.388. The summed E-state index contributed by atoms with van der Waals surface area (Å²) in [5.41, 5.74) is 1.09. The zero-order valence-electron chi connectivity index (χ0n) is 18.6. The summed E-state index contributed by atoms with van der Waals surface area (Å²) in [5, 5.41) is 8.10. The van der Waals surface area contributed by atoms with Crippen molar-refractivity contribution in [1.29, 1.82) is 0 Å². The first-order chi connectivity index (χ1) is 15.2. The summed E-state index contributed by atoms with van der Waals surface area (Å²) in [6, 6.07) is 8.60. The molecule has 2 aromatic rings. The number of benzene rings is 1. The fourth-order valence-corrected chi connectivity index (χ4v) is 5.66. The zero-order chi connectivity index (χ0) is 21.5. The lowest BCUT2D eigenvalue weighted by atomic mass is 9.88. The Kier molecular flexibility index (Phi) is 7.78. The first-order valence-electron chi connectivity index (χ1n) is 11.9. The van der Waals surface area contributed by atoms with E-state index in [-0.39, 0.29) is 12.0 Å². The van der Waals surface area contributed by atoms with Crippen LogP contribution in [0.15, 0.2) is 29.3 Å². The highest BCUT2D eigenvalue weighted by Crippen LogP contribution is 2.27. The van der Waals surface area contributed by atoms with E-state index >= 15 is 0 Å². The van der Waals surface area contributed by atoms with Crippen molar-refractivity contribution in [2.45, 2.75) is 64.3 Å². The van der Waals surface area contributed by atoms with Gasteiger partial charge in [0.2, 0.25) is 5.91 Å². The fraction of sp³-hybridized carbons (Fsp3) is 0.625. The molecule has 1 saturated heterocycles. The summed E-state index contributed by atoms with van der Waals surface area (Å²) in [6.45, 7) is 5.35. The standard InChI is InChI=1S/C24H35N5OS/c1-2-25-24(26-15-8-13-22-28-20-11-6-7-12-21(20)31-22)27-19-14-16-29(17-19)23(30)18-9-4-3-5-10-18/h6-7,11-12,18-19H,2-5,8-10,13-17H2,1H3,(H2,25,26,27). The molecule has 2 heterocycles. The lowest BCUT2D eigenvalue weighted by Gasteiger charge is -2.26. The number of thiazole rings is 1. The number of aliphatic imine (C=N–C) groups is 1. The summed E-state index contributed by atoms with van der Waals surface area (Å²) in [7, 11) is 0. The Morgan fingerprint density at radius 2 is 2.06 bits per heavy atom. The molecule has 7 heteroatoms. The van der Waals surface area contributed by atoms with Gasteiger partial charge in [-0.05, 0) is 44.7 Å². The van der Waals surface area contributed by atoms with Crippen LogP contribution in [0, 0.1) is 5.92 Å². The topological polar surface area (TPSA) is 69.6 Å². The summed E-state index contributed by atoms with van der Waals surface area (Å²) in [6.07, 6.45) is 8.78. The van der Waals surface area contributed by atoms with E-state index in [2.05, 4.69) is 40.7 Å². The van der Waals surface area contributed by atoms with Crippen LogP contribution >= 0.6 is 11.3 Å². The molecule has 1 amide bonds. The van der Waals surface area contributed by atoms with Crippen molar-refractivity contribution in [2.24, 2.45) is 10.9 Å². The number of aryl methyl sites for hydroxylation is 1. The van der Waals surface area contributed by atoms with Gasteiger partial charge in [-0.25, -0.2) is 4.98 Å².